The van der Waals surface area contributed by atoms with Gasteiger partial charge in [-0.2, -0.15) is 0 Å². The number of ether oxygens (including phenoxy) is 1. The Morgan fingerprint density at radius 3 is 1.57 bits per heavy atom. The van der Waals surface area contributed by atoms with Gasteiger partial charge in [0.1, 0.15) is 18.7 Å². The zero-order chi connectivity index (χ0) is 21.7. The zero-order valence-corrected chi connectivity index (χ0v) is 18.6. The predicted molar refractivity (Wildman–Crippen MR) is 122 cm³/mol. The molecule has 0 aliphatic carbocycles. The highest BCUT2D eigenvalue weighted by Gasteiger charge is 2.15. The molecule has 168 valence electrons. The van der Waals surface area contributed by atoms with Crippen LogP contribution in [0.5, 0.6) is 0 Å². The van der Waals surface area contributed by atoms with Crippen molar-refractivity contribution in [2.45, 2.75) is 109 Å². The first-order valence-electron chi connectivity index (χ1n) is 11.9. The fourth-order valence-electron chi connectivity index (χ4n) is 3.67. The Morgan fingerprint density at radius 2 is 1.10 bits per heavy atom. The third-order valence-corrected chi connectivity index (χ3v) is 5.48. The number of unbranched alkanes of at least 4 members (excludes halogenated alkanes) is 12. The quantitative estimate of drug-likeness (QED) is 0.132. The van der Waals surface area contributed by atoms with E-state index in [0.29, 0.717) is 18.4 Å². The summed E-state index contributed by atoms with van der Waals surface area (Å²) in [5.41, 5.74) is 0.618. The minimum Gasteiger partial charge on any atom is -0.459 e. The van der Waals surface area contributed by atoms with Crippen LogP contribution in [-0.4, -0.2) is 24.6 Å². The molecule has 0 spiro atoms. The summed E-state index contributed by atoms with van der Waals surface area (Å²) in [6.07, 6.45) is 18.6. The summed E-state index contributed by atoms with van der Waals surface area (Å²) in [5, 5.41) is 0. The van der Waals surface area contributed by atoms with Crippen molar-refractivity contribution in [1.82, 2.24) is 0 Å². The van der Waals surface area contributed by atoms with E-state index in [9.17, 15) is 14.4 Å². The van der Waals surface area contributed by atoms with Crippen LogP contribution < -0.4 is 0 Å². The Labute approximate surface area is 182 Å². The third-order valence-electron chi connectivity index (χ3n) is 5.48. The lowest BCUT2D eigenvalue weighted by molar-refractivity contribution is -0.108. The van der Waals surface area contributed by atoms with E-state index in [2.05, 4.69) is 0 Å². The largest absolute Gasteiger partial charge is 0.459 e. The highest BCUT2D eigenvalue weighted by Crippen LogP contribution is 2.18. The maximum absolute atomic E-state index is 12.4. The van der Waals surface area contributed by atoms with Crippen LogP contribution in [0.15, 0.2) is 30.3 Å². The number of benzene rings is 1. The van der Waals surface area contributed by atoms with Gasteiger partial charge in [0.2, 0.25) is 0 Å². The topological polar surface area (TPSA) is 60.4 Å². The molecule has 0 unspecified atom stereocenters. The number of carbonyl (C=O) groups is 3. The van der Waals surface area contributed by atoms with E-state index in [1.165, 1.54) is 25.7 Å². The van der Waals surface area contributed by atoms with E-state index < -0.39 is 0 Å². The summed E-state index contributed by atoms with van der Waals surface area (Å²) in [5.74, 6) is -0.219. The van der Waals surface area contributed by atoms with Gasteiger partial charge < -0.3 is 14.3 Å². The molecule has 1 rings (SSSR count). The van der Waals surface area contributed by atoms with E-state index in [0.717, 1.165) is 76.8 Å². The first kappa shape index (κ1) is 26.1. The summed E-state index contributed by atoms with van der Waals surface area (Å²) in [6.45, 7) is 0. The molecule has 0 atom stereocenters. The van der Waals surface area contributed by atoms with Crippen LogP contribution in [0.1, 0.15) is 113 Å². The van der Waals surface area contributed by atoms with Crippen molar-refractivity contribution in [3.8, 4) is 0 Å². The maximum atomic E-state index is 12.4. The molecule has 0 aromatic heterocycles. The van der Waals surface area contributed by atoms with Gasteiger partial charge in [0.25, 0.3) is 0 Å². The van der Waals surface area contributed by atoms with Crippen LogP contribution >= 0.6 is 0 Å². The Morgan fingerprint density at radius 1 is 0.667 bits per heavy atom. The molecule has 0 fully saturated rings. The van der Waals surface area contributed by atoms with Gasteiger partial charge in [0.15, 0.2) is 0 Å². The molecule has 0 saturated carbocycles. The number of hydrogen-bond acceptors (Lipinski definition) is 4. The standard InChI is InChI=1S/C26H40O4/c27-22-16-9-5-1-3-7-14-20-25(21-15-8-4-2-6-10-17-23-28)30-26(29)24-18-12-11-13-19-24/h11-13,18-19,22-23,25H,1-10,14-17,20-21H2. The molecule has 1 aromatic rings. The van der Waals surface area contributed by atoms with Crippen LogP contribution in [0.2, 0.25) is 0 Å². The molecule has 0 heterocycles. The number of hydrogen-bond donors (Lipinski definition) is 0. The van der Waals surface area contributed by atoms with Crippen molar-refractivity contribution in [3.05, 3.63) is 35.9 Å². The van der Waals surface area contributed by atoms with E-state index in [4.69, 9.17) is 4.74 Å². The van der Waals surface area contributed by atoms with Gasteiger partial charge in [-0.25, -0.2) is 4.79 Å². The number of esters is 1. The van der Waals surface area contributed by atoms with Gasteiger partial charge in [-0.05, 0) is 50.7 Å². The Kier molecular flexibility index (Phi) is 16.5. The lowest BCUT2D eigenvalue weighted by Crippen LogP contribution is -2.18. The number of aldehydes is 2. The van der Waals surface area contributed by atoms with Crippen LogP contribution in [0, 0.1) is 0 Å². The van der Waals surface area contributed by atoms with Crippen molar-refractivity contribution >= 4 is 18.5 Å². The molecule has 0 N–H and O–H groups in total. The molecule has 4 heteroatoms. The molecule has 30 heavy (non-hydrogen) atoms. The van der Waals surface area contributed by atoms with E-state index >= 15 is 0 Å². The van der Waals surface area contributed by atoms with Crippen molar-refractivity contribution in [1.29, 1.82) is 0 Å². The highest BCUT2D eigenvalue weighted by atomic mass is 16.5. The number of rotatable bonds is 20. The zero-order valence-electron chi connectivity index (χ0n) is 18.6. The third kappa shape index (κ3) is 14.1. The second-order valence-electron chi connectivity index (χ2n) is 8.12. The Balaban J connectivity index is 2.29. The van der Waals surface area contributed by atoms with Gasteiger partial charge in [0.05, 0.1) is 5.56 Å². The summed E-state index contributed by atoms with van der Waals surface area (Å²) in [6, 6.07) is 9.23. The Hall–Kier alpha value is -1.97. The molecule has 0 radical (unpaired) electrons. The van der Waals surface area contributed by atoms with Gasteiger partial charge in [-0.1, -0.05) is 69.6 Å². The summed E-state index contributed by atoms with van der Waals surface area (Å²) < 4.78 is 5.84. The van der Waals surface area contributed by atoms with E-state index in [-0.39, 0.29) is 12.1 Å². The van der Waals surface area contributed by atoms with Crippen molar-refractivity contribution in [2.75, 3.05) is 0 Å². The van der Waals surface area contributed by atoms with Crippen LogP contribution in [0.4, 0.5) is 0 Å². The monoisotopic (exact) mass is 416 g/mol. The average Bonchev–Trinajstić information content (AvgIpc) is 2.77. The minimum atomic E-state index is -0.219. The first-order chi connectivity index (χ1) is 14.8. The van der Waals surface area contributed by atoms with Gasteiger partial charge in [-0.15, -0.1) is 0 Å². The molecular formula is C26H40O4. The van der Waals surface area contributed by atoms with E-state index in [1.54, 1.807) is 12.1 Å². The SMILES string of the molecule is O=CCCCCCCCCC(CCCCCCCCC=O)OC(=O)c1ccccc1. The molecular weight excluding hydrogens is 376 g/mol. The Bertz CT molecular complexity index is 531. The fourth-order valence-corrected chi connectivity index (χ4v) is 3.67. The second-order valence-corrected chi connectivity index (χ2v) is 8.12. The predicted octanol–water partition coefficient (Wildman–Crippen LogP) is 6.85. The van der Waals surface area contributed by atoms with Crippen LogP contribution in [0.3, 0.4) is 0 Å². The molecule has 4 nitrogen and oxygen atoms in total. The molecule has 0 aliphatic rings. The minimum absolute atomic E-state index is 0.0113. The van der Waals surface area contributed by atoms with Crippen molar-refractivity contribution in [2.24, 2.45) is 0 Å². The molecule has 0 amide bonds. The highest BCUT2D eigenvalue weighted by molar-refractivity contribution is 5.89. The average molecular weight is 417 g/mol. The number of carbonyl (C=O) groups excluding carboxylic acids is 3. The molecule has 0 saturated heterocycles. The lowest BCUT2D eigenvalue weighted by Gasteiger charge is -2.18. The molecule has 0 aliphatic heterocycles. The smallest absolute Gasteiger partial charge is 0.338 e. The normalized spacial score (nSPS) is 10.8. The summed E-state index contributed by atoms with van der Waals surface area (Å²) in [4.78, 5) is 33.1. The van der Waals surface area contributed by atoms with Gasteiger partial charge in [0, 0.05) is 12.8 Å². The summed E-state index contributed by atoms with van der Waals surface area (Å²) >= 11 is 0. The summed E-state index contributed by atoms with van der Waals surface area (Å²) in [7, 11) is 0. The first-order valence-corrected chi connectivity index (χ1v) is 11.9. The van der Waals surface area contributed by atoms with E-state index in [1.807, 2.05) is 18.2 Å². The van der Waals surface area contributed by atoms with Gasteiger partial charge >= 0.3 is 5.97 Å². The second kappa shape index (κ2) is 19.0. The van der Waals surface area contributed by atoms with Crippen molar-refractivity contribution in [3.63, 3.8) is 0 Å². The molecule has 0 bridgehead atoms. The van der Waals surface area contributed by atoms with Crippen molar-refractivity contribution < 1.29 is 19.1 Å². The molecule has 1 aromatic carbocycles. The maximum Gasteiger partial charge on any atom is 0.338 e. The fraction of sp³-hybridized carbons (Fsp3) is 0.654. The van der Waals surface area contributed by atoms with Crippen LogP contribution in [-0.2, 0) is 14.3 Å². The lowest BCUT2D eigenvalue weighted by atomic mass is 10.0. The van der Waals surface area contributed by atoms with Gasteiger partial charge in [-0.3, -0.25) is 0 Å². The van der Waals surface area contributed by atoms with Crippen LogP contribution in [0.25, 0.3) is 0 Å².